The minimum Gasteiger partial charge on any atom is -0.444 e. The van der Waals surface area contributed by atoms with Gasteiger partial charge in [-0.25, -0.2) is 4.98 Å². The first-order valence-corrected chi connectivity index (χ1v) is 7.03. The molecule has 0 amide bonds. The van der Waals surface area contributed by atoms with E-state index in [4.69, 9.17) is 4.42 Å². The van der Waals surface area contributed by atoms with Crippen LogP contribution in [0.5, 0.6) is 0 Å². The number of nitrogens with zero attached hydrogens (tertiary/aromatic N) is 1. The molecule has 0 bridgehead atoms. The normalized spacial score (nSPS) is 23.3. The van der Waals surface area contributed by atoms with Crippen LogP contribution in [0.25, 0.3) is 0 Å². The van der Waals surface area contributed by atoms with Gasteiger partial charge in [0.05, 0.1) is 12.2 Å². The van der Waals surface area contributed by atoms with E-state index in [2.05, 4.69) is 54.5 Å². The standard InChI is InChI=1S/C16H20N2O/c1-3-17-11(2)16-18-10-15(19-16)14-9-13(14)12-7-5-4-6-8-12/h4-8,10-11,13-14,17H,3,9H2,1-2H3. The topological polar surface area (TPSA) is 38.1 Å². The maximum absolute atomic E-state index is 5.90. The summed E-state index contributed by atoms with van der Waals surface area (Å²) < 4.78 is 5.90. The van der Waals surface area contributed by atoms with Gasteiger partial charge in [-0.1, -0.05) is 37.3 Å². The van der Waals surface area contributed by atoms with Gasteiger partial charge >= 0.3 is 0 Å². The molecule has 100 valence electrons. The molecule has 1 fully saturated rings. The van der Waals surface area contributed by atoms with Crippen LogP contribution in [0, 0.1) is 0 Å². The lowest BCUT2D eigenvalue weighted by molar-refractivity contribution is 0.398. The average Bonchev–Trinajstić information content (AvgIpc) is 3.09. The van der Waals surface area contributed by atoms with Crippen molar-refractivity contribution in [2.45, 2.75) is 38.1 Å². The Hall–Kier alpha value is -1.61. The Balaban J connectivity index is 1.69. The average molecular weight is 256 g/mol. The highest BCUT2D eigenvalue weighted by molar-refractivity contribution is 5.31. The second-order valence-corrected chi connectivity index (χ2v) is 5.24. The van der Waals surface area contributed by atoms with Gasteiger partial charge in [-0.15, -0.1) is 0 Å². The van der Waals surface area contributed by atoms with E-state index in [-0.39, 0.29) is 6.04 Å². The molecule has 1 aromatic heterocycles. The van der Waals surface area contributed by atoms with Crippen molar-refractivity contribution >= 4 is 0 Å². The summed E-state index contributed by atoms with van der Waals surface area (Å²) >= 11 is 0. The monoisotopic (exact) mass is 256 g/mol. The van der Waals surface area contributed by atoms with Crippen LogP contribution in [0.2, 0.25) is 0 Å². The second kappa shape index (κ2) is 5.17. The Morgan fingerprint density at radius 3 is 2.84 bits per heavy atom. The van der Waals surface area contributed by atoms with E-state index in [9.17, 15) is 0 Å². The zero-order chi connectivity index (χ0) is 13.2. The summed E-state index contributed by atoms with van der Waals surface area (Å²) in [5.41, 5.74) is 1.41. The van der Waals surface area contributed by atoms with Crippen LogP contribution in [-0.4, -0.2) is 11.5 Å². The summed E-state index contributed by atoms with van der Waals surface area (Å²) in [5.74, 6) is 2.96. The predicted octanol–water partition coefficient (Wildman–Crippen LogP) is 3.62. The fourth-order valence-corrected chi connectivity index (χ4v) is 2.64. The van der Waals surface area contributed by atoms with Crippen LogP contribution in [-0.2, 0) is 0 Å². The van der Waals surface area contributed by atoms with Crippen LogP contribution in [0.15, 0.2) is 40.9 Å². The molecule has 1 N–H and O–H groups in total. The molecule has 1 heterocycles. The molecule has 0 aliphatic heterocycles. The minimum atomic E-state index is 0.188. The molecule has 0 spiro atoms. The van der Waals surface area contributed by atoms with E-state index in [1.165, 1.54) is 12.0 Å². The van der Waals surface area contributed by atoms with E-state index in [1.807, 2.05) is 6.20 Å². The van der Waals surface area contributed by atoms with Gasteiger partial charge in [-0.3, -0.25) is 0 Å². The Labute approximate surface area is 114 Å². The van der Waals surface area contributed by atoms with E-state index in [0.29, 0.717) is 11.8 Å². The van der Waals surface area contributed by atoms with Crippen LogP contribution in [0.3, 0.4) is 0 Å². The Bertz CT molecular complexity index is 535. The van der Waals surface area contributed by atoms with Gasteiger partial charge in [0.25, 0.3) is 0 Å². The van der Waals surface area contributed by atoms with Gasteiger partial charge < -0.3 is 9.73 Å². The Kier molecular flexibility index (Phi) is 3.38. The summed E-state index contributed by atoms with van der Waals surface area (Å²) in [6.07, 6.45) is 3.07. The van der Waals surface area contributed by atoms with Gasteiger partial charge in [0.15, 0.2) is 0 Å². The number of aromatic nitrogens is 1. The third kappa shape index (κ3) is 2.56. The summed E-state index contributed by atoms with van der Waals surface area (Å²) in [5, 5.41) is 3.32. The first-order chi connectivity index (χ1) is 9.29. The molecule has 3 atom stereocenters. The van der Waals surface area contributed by atoms with Crippen molar-refractivity contribution in [3.05, 3.63) is 53.7 Å². The largest absolute Gasteiger partial charge is 0.444 e. The van der Waals surface area contributed by atoms with E-state index in [0.717, 1.165) is 18.2 Å². The van der Waals surface area contributed by atoms with Gasteiger partial charge in [-0.2, -0.15) is 0 Å². The van der Waals surface area contributed by atoms with Crippen molar-refractivity contribution < 1.29 is 4.42 Å². The van der Waals surface area contributed by atoms with Gasteiger partial charge in [0.1, 0.15) is 5.76 Å². The van der Waals surface area contributed by atoms with Crippen LogP contribution < -0.4 is 5.32 Å². The second-order valence-electron chi connectivity index (χ2n) is 5.24. The third-order valence-corrected chi connectivity index (χ3v) is 3.81. The lowest BCUT2D eigenvalue weighted by Gasteiger charge is -2.06. The number of oxazole rings is 1. The van der Waals surface area contributed by atoms with Crippen LogP contribution in [0.4, 0.5) is 0 Å². The van der Waals surface area contributed by atoms with Crippen LogP contribution in [0.1, 0.15) is 55.4 Å². The zero-order valence-corrected chi connectivity index (χ0v) is 11.5. The summed E-state index contributed by atoms with van der Waals surface area (Å²) in [4.78, 5) is 4.39. The first-order valence-electron chi connectivity index (χ1n) is 7.03. The number of hydrogen-bond acceptors (Lipinski definition) is 3. The van der Waals surface area contributed by atoms with Crippen molar-refractivity contribution in [3.8, 4) is 0 Å². The molecule has 19 heavy (non-hydrogen) atoms. The predicted molar refractivity (Wildman–Crippen MR) is 75.1 cm³/mol. The molecule has 2 aromatic rings. The number of benzene rings is 1. The lowest BCUT2D eigenvalue weighted by atomic mass is 10.1. The van der Waals surface area contributed by atoms with Gasteiger partial charge in [-0.05, 0) is 31.4 Å². The van der Waals surface area contributed by atoms with E-state index >= 15 is 0 Å². The zero-order valence-electron chi connectivity index (χ0n) is 11.5. The smallest absolute Gasteiger partial charge is 0.211 e. The molecule has 3 unspecified atom stereocenters. The molecule has 0 saturated heterocycles. The lowest BCUT2D eigenvalue weighted by Crippen LogP contribution is -2.17. The van der Waals surface area contributed by atoms with E-state index < -0.39 is 0 Å². The SMILES string of the molecule is CCNC(C)c1ncc(C2CC2c2ccccc2)o1. The van der Waals surface area contributed by atoms with Gasteiger partial charge in [0, 0.05) is 5.92 Å². The fourth-order valence-electron chi connectivity index (χ4n) is 2.64. The highest BCUT2D eigenvalue weighted by Crippen LogP contribution is 2.54. The van der Waals surface area contributed by atoms with Crippen molar-refractivity contribution in [3.63, 3.8) is 0 Å². The molecule has 3 nitrogen and oxygen atoms in total. The fraction of sp³-hybridized carbons (Fsp3) is 0.438. The van der Waals surface area contributed by atoms with Crippen molar-refractivity contribution in [1.82, 2.24) is 10.3 Å². The molecule has 1 aliphatic carbocycles. The number of rotatable bonds is 5. The van der Waals surface area contributed by atoms with Crippen LogP contribution >= 0.6 is 0 Å². The van der Waals surface area contributed by atoms with Gasteiger partial charge in [0.2, 0.25) is 5.89 Å². The third-order valence-electron chi connectivity index (χ3n) is 3.81. The maximum Gasteiger partial charge on any atom is 0.211 e. The molecular formula is C16H20N2O. The number of hydrogen-bond donors (Lipinski definition) is 1. The molecular weight excluding hydrogens is 236 g/mol. The highest BCUT2D eigenvalue weighted by atomic mass is 16.4. The summed E-state index contributed by atoms with van der Waals surface area (Å²) in [6, 6.07) is 10.8. The Morgan fingerprint density at radius 2 is 2.11 bits per heavy atom. The van der Waals surface area contributed by atoms with E-state index in [1.54, 1.807) is 0 Å². The summed E-state index contributed by atoms with van der Waals surface area (Å²) in [6.45, 7) is 5.10. The molecule has 0 radical (unpaired) electrons. The Morgan fingerprint density at radius 1 is 1.32 bits per heavy atom. The molecule has 3 heteroatoms. The maximum atomic E-state index is 5.90. The number of nitrogens with one attached hydrogen (secondary N) is 1. The molecule has 1 aliphatic rings. The van der Waals surface area contributed by atoms with Crippen molar-refractivity contribution in [2.24, 2.45) is 0 Å². The minimum absolute atomic E-state index is 0.188. The molecule has 3 rings (SSSR count). The molecule has 1 saturated carbocycles. The quantitative estimate of drug-likeness (QED) is 0.888. The van der Waals surface area contributed by atoms with Crippen molar-refractivity contribution in [2.75, 3.05) is 6.54 Å². The highest BCUT2D eigenvalue weighted by Gasteiger charge is 2.42. The summed E-state index contributed by atoms with van der Waals surface area (Å²) in [7, 11) is 0. The molecule has 1 aromatic carbocycles. The van der Waals surface area contributed by atoms with Crippen molar-refractivity contribution in [1.29, 1.82) is 0 Å². The first kappa shape index (κ1) is 12.4.